The van der Waals surface area contributed by atoms with Gasteiger partial charge in [-0.25, -0.2) is 9.18 Å². The Morgan fingerprint density at radius 2 is 1.84 bits per heavy atom. The molecule has 0 saturated heterocycles. The molecule has 0 aliphatic rings. The number of benzene rings is 1. The normalized spacial score (nSPS) is 11.7. The van der Waals surface area contributed by atoms with Crippen molar-refractivity contribution in [3.8, 4) is 0 Å². The van der Waals surface area contributed by atoms with E-state index in [-0.39, 0.29) is 17.2 Å². The van der Waals surface area contributed by atoms with E-state index in [1.807, 2.05) is 0 Å². The third-order valence-electron chi connectivity index (χ3n) is 3.78. The number of hydrogen-bond donors (Lipinski definition) is 2. The summed E-state index contributed by atoms with van der Waals surface area (Å²) in [7, 11) is 0. The standard InChI is InChI=1S/C18H19FN2O4/c1-9-15(11(3)22)10(2)20-16(9)18(24)25-12(4)17(23)21-14-8-6-5-7-13(14)19/h5-8,12,20H,1-4H3,(H,21,23)/t12-/m1/s1. The zero-order valence-corrected chi connectivity index (χ0v) is 14.4. The maximum absolute atomic E-state index is 13.6. The van der Waals surface area contributed by atoms with Crippen LogP contribution in [0.2, 0.25) is 0 Å². The van der Waals surface area contributed by atoms with Crippen LogP contribution in [0.3, 0.4) is 0 Å². The number of aromatic nitrogens is 1. The Balaban J connectivity index is 2.10. The summed E-state index contributed by atoms with van der Waals surface area (Å²) in [5, 5.41) is 2.36. The number of nitrogens with one attached hydrogen (secondary N) is 2. The van der Waals surface area contributed by atoms with Gasteiger partial charge in [-0.1, -0.05) is 12.1 Å². The number of Topliss-reactive ketones (excluding diaryl/α,β-unsaturated/α-hetero) is 1. The second-order valence-corrected chi connectivity index (χ2v) is 5.70. The SMILES string of the molecule is CC(=O)c1c(C)[nH]c(C(=O)O[C@H](C)C(=O)Nc2ccccc2F)c1C. The molecule has 1 atom stereocenters. The van der Waals surface area contributed by atoms with Gasteiger partial charge in [0.2, 0.25) is 0 Å². The number of anilines is 1. The van der Waals surface area contributed by atoms with E-state index in [4.69, 9.17) is 4.74 Å². The average molecular weight is 346 g/mol. The molecule has 6 nitrogen and oxygen atoms in total. The molecule has 0 spiro atoms. The second kappa shape index (κ2) is 7.29. The first kappa shape index (κ1) is 18.4. The van der Waals surface area contributed by atoms with Gasteiger partial charge in [0.25, 0.3) is 5.91 Å². The number of amides is 1. The van der Waals surface area contributed by atoms with Crippen LogP contribution in [0.15, 0.2) is 24.3 Å². The first-order valence-corrected chi connectivity index (χ1v) is 7.68. The van der Waals surface area contributed by atoms with Gasteiger partial charge in [-0.2, -0.15) is 0 Å². The lowest BCUT2D eigenvalue weighted by atomic mass is 10.1. The fourth-order valence-corrected chi connectivity index (χ4v) is 2.55. The summed E-state index contributed by atoms with van der Waals surface area (Å²) >= 11 is 0. The highest BCUT2D eigenvalue weighted by Crippen LogP contribution is 2.20. The summed E-state index contributed by atoms with van der Waals surface area (Å²) < 4.78 is 18.7. The van der Waals surface area contributed by atoms with Crippen LogP contribution in [0, 0.1) is 19.7 Å². The van der Waals surface area contributed by atoms with Gasteiger partial charge in [0.15, 0.2) is 11.9 Å². The molecule has 132 valence electrons. The third kappa shape index (κ3) is 3.93. The molecule has 1 aromatic carbocycles. The molecule has 0 bridgehead atoms. The van der Waals surface area contributed by atoms with Crippen molar-refractivity contribution in [1.29, 1.82) is 0 Å². The van der Waals surface area contributed by atoms with E-state index in [1.54, 1.807) is 19.9 Å². The Morgan fingerprint density at radius 1 is 1.20 bits per heavy atom. The highest BCUT2D eigenvalue weighted by molar-refractivity contribution is 6.02. The Kier molecular flexibility index (Phi) is 5.36. The molecule has 2 aromatic rings. The molecule has 0 unspecified atom stereocenters. The minimum Gasteiger partial charge on any atom is -0.448 e. The first-order valence-electron chi connectivity index (χ1n) is 7.68. The number of H-pyrrole nitrogens is 1. The topological polar surface area (TPSA) is 88.3 Å². The van der Waals surface area contributed by atoms with E-state index in [1.165, 1.54) is 32.0 Å². The molecule has 2 N–H and O–H groups in total. The molecule has 1 heterocycles. The minimum atomic E-state index is -1.14. The molecule has 0 aliphatic heterocycles. The second-order valence-electron chi connectivity index (χ2n) is 5.70. The highest BCUT2D eigenvalue weighted by atomic mass is 19.1. The van der Waals surface area contributed by atoms with Crippen LogP contribution in [0.1, 0.15) is 46.0 Å². The van der Waals surface area contributed by atoms with Gasteiger partial charge in [-0.15, -0.1) is 0 Å². The van der Waals surface area contributed by atoms with Crippen LogP contribution in [0.4, 0.5) is 10.1 Å². The smallest absolute Gasteiger partial charge is 0.355 e. The predicted octanol–water partition coefficient (Wildman–Crippen LogP) is 3.16. The van der Waals surface area contributed by atoms with Crippen molar-refractivity contribution in [3.05, 3.63) is 52.6 Å². The van der Waals surface area contributed by atoms with Gasteiger partial charge < -0.3 is 15.0 Å². The minimum absolute atomic E-state index is 0.00108. The Morgan fingerprint density at radius 3 is 2.40 bits per heavy atom. The van der Waals surface area contributed by atoms with Crippen molar-refractivity contribution in [2.24, 2.45) is 0 Å². The molecule has 2 rings (SSSR count). The van der Waals surface area contributed by atoms with Crippen LogP contribution in [-0.4, -0.2) is 28.7 Å². The summed E-state index contributed by atoms with van der Waals surface area (Å²) in [5.74, 6) is -2.18. The quantitative estimate of drug-likeness (QED) is 0.643. The molecule has 0 radical (unpaired) electrons. The van der Waals surface area contributed by atoms with Gasteiger partial charge in [-0.3, -0.25) is 9.59 Å². The van der Waals surface area contributed by atoms with Crippen LogP contribution < -0.4 is 5.32 Å². The van der Waals surface area contributed by atoms with E-state index in [2.05, 4.69) is 10.3 Å². The Labute approximate surface area is 144 Å². The molecular formula is C18H19FN2O4. The number of halogens is 1. The lowest BCUT2D eigenvalue weighted by molar-refractivity contribution is -0.123. The molecule has 0 fully saturated rings. The fourth-order valence-electron chi connectivity index (χ4n) is 2.55. The maximum Gasteiger partial charge on any atom is 0.355 e. The van der Waals surface area contributed by atoms with E-state index in [9.17, 15) is 18.8 Å². The summed E-state index contributed by atoms with van der Waals surface area (Å²) in [4.78, 5) is 38.8. The number of carbonyl (C=O) groups is 3. The highest BCUT2D eigenvalue weighted by Gasteiger charge is 2.25. The van der Waals surface area contributed by atoms with Crippen molar-refractivity contribution in [2.45, 2.75) is 33.8 Å². The predicted molar refractivity (Wildman–Crippen MR) is 90.2 cm³/mol. The summed E-state index contributed by atoms with van der Waals surface area (Å²) in [6, 6.07) is 5.68. The first-order chi connectivity index (χ1) is 11.7. The monoisotopic (exact) mass is 346 g/mol. The molecule has 1 aromatic heterocycles. The zero-order valence-electron chi connectivity index (χ0n) is 14.4. The molecule has 1 amide bonds. The number of aryl methyl sites for hydroxylation is 1. The number of rotatable bonds is 5. The number of hydrogen-bond acceptors (Lipinski definition) is 4. The van der Waals surface area contributed by atoms with Crippen molar-refractivity contribution < 1.29 is 23.5 Å². The number of esters is 1. The van der Waals surface area contributed by atoms with Crippen molar-refractivity contribution in [1.82, 2.24) is 4.98 Å². The van der Waals surface area contributed by atoms with Gasteiger partial charge in [0, 0.05) is 11.3 Å². The van der Waals surface area contributed by atoms with Gasteiger partial charge in [0.05, 0.1) is 5.69 Å². The number of ketones is 1. The van der Waals surface area contributed by atoms with E-state index >= 15 is 0 Å². The van der Waals surface area contributed by atoms with Gasteiger partial charge in [-0.05, 0) is 45.4 Å². The lowest BCUT2D eigenvalue weighted by Crippen LogP contribution is -2.30. The summed E-state index contributed by atoms with van der Waals surface area (Å²) in [6.07, 6.45) is -1.14. The molecule has 25 heavy (non-hydrogen) atoms. The third-order valence-corrected chi connectivity index (χ3v) is 3.78. The number of para-hydroxylation sites is 1. The van der Waals surface area contributed by atoms with Crippen LogP contribution >= 0.6 is 0 Å². The number of carbonyl (C=O) groups excluding carboxylic acids is 3. The van der Waals surface area contributed by atoms with E-state index in [0.29, 0.717) is 16.8 Å². The molecule has 0 aliphatic carbocycles. The van der Waals surface area contributed by atoms with E-state index < -0.39 is 23.8 Å². The van der Waals surface area contributed by atoms with Gasteiger partial charge >= 0.3 is 5.97 Å². The van der Waals surface area contributed by atoms with E-state index in [0.717, 1.165) is 0 Å². The van der Waals surface area contributed by atoms with Crippen molar-refractivity contribution in [2.75, 3.05) is 5.32 Å². The molecule has 0 saturated carbocycles. The average Bonchev–Trinajstić information content (AvgIpc) is 2.84. The molecular weight excluding hydrogens is 327 g/mol. The maximum atomic E-state index is 13.6. The number of aromatic amines is 1. The molecule has 7 heteroatoms. The number of ether oxygens (including phenoxy) is 1. The Bertz CT molecular complexity index is 842. The van der Waals surface area contributed by atoms with Gasteiger partial charge in [0.1, 0.15) is 11.5 Å². The van der Waals surface area contributed by atoms with Crippen molar-refractivity contribution in [3.63, 3.8) is 0 Å². The van der Waals surface area contributed by atoms with Crippen LogP contribution in [-0.2, 0) is 9.53 Å². The zero-order chi connectivity index (χ0) is 18.7. The lowest BCUT2D eigenvalue weighted by Gasteiger charge is -2.13. The van der Waals surface area contributed by atoms with Crippen LogP contribution in [0.5, 0.6) is 0 Å². The van der Waals surface area contributed by atoms with Crippen LogP contribution in [0.25, 0.3) is 0 Å². The fraction of sp³-hybridized carbons (Fsp3) is 0.278. The van der Waals surface area contributed by atoms with Crippen molar-refractivity contribution >= 4 is 23.3 Å². The summed E-state index contributed by atoms with van der Waals surface area (Å²) in [5.41, 5.74) is 1.57. The Hall–Kier alpha value is -2.96. The summed E-state index contributed by atoms with van der Waals surface area (Å²) in [6.45, 7) is 6.09. The largest absolute Gasteiger partial charge is 0.448 e.